The van der Waals surface area contributed by atoms with E-state index in [2.05, 4.69) is 22.9 Å². The van der Waals surface area contributed by atoms with E-state index in [1.54, 1.807) is 19.2 Å². The molecule has 0 bridgehead atoms. The summed E-state index contributed by atoms with van der Waals surface area (Å²) in [6.45, 7) is 3.93. The number of methoxy groups -OCH3 is 1. The molecule has 3 N–H and O–H groups in total. The first-order valence-corrected chi connectivity index (χ1v) is 9.73. The van der Waals surface area contributed by atoms with Crippen molar-refractivity contribution in [3.05, 3.63) is 69.9 Å². The van der Waals surface area contributed by atoms with E-state index in [0.717, 1.165) is 17.7 Å². The Hall–Kier alpha value is -2.57. The number of anilines is 1. The van der Waals surface area contributed by atoms with Crippen molar-refractivity contribution < 1.29 is 9.53 Å². The zero-order chi connectivity index (χ0) is 20.3. The van der Waals surface area contributed by atoms with Crippen molar-refractivity contribution in [3.8, 4) is 5.75 Å². The number of nitrogens with one attached hydrogen (secondary N) is 3. The number of hydrogen-bond acceptors (Lipinski definition) is 3. The van der Waals surface area contributed by atoms with Crippen molar-refractivity contribution >= 4 is 40.5 Å². The largest absolute Gasteiger partial charge is 0.495 e. The summed E-state index contributed by atoms with van der Waals surface area (Å²) in [6, 6.07) is 12.8. The van der Waals surface area contributed by atoms with Gasteiger partial charge in [0, 0.05) is 11.4 Å². The van der Waals surface area contributed by atoms with E-state index < -0.39 is 6.04 Å². The fourth-order valence-electron chi connectivity index (χ4n) is 3.13. The van der Waals surface area contributed by atoms with Crippen molar-refractivity contribution in [2.24, 2.45) is 0 Å². The third-order valence-electron chi connectivity index (χ3n) is 4.64. The number of ether oxygens (including phenoxy) is 1. The van der Waals surface area contributed by atoms with Gasteiger partial charge in [0.15, 0.2) is 5.11 Å². The normalized spacial score (nSPS) is 16.3. The summed E-state index contributed by atoms with van der Waals surface area (Å²) in [7, 11) is 1.56. The molecule has 2 aromatic rings. The van der Waals surface area contributed by atoms with Gasteiger partial charge in [-0.1, -0.05) is 36.7 Å². The van der Waals surface area contributed by atoms with Crippen LogP contribution >= 0.6 is 23.8 Å². The number of carbonyl (C=O) groups is 1. The van der Waals surface area contributed by atoms with Crippen molar-refractivity contribution in [1.29, 1.82) is 0 Å². The van der Waals surface area contributed by atoms with E-state index >= 15 is 0 Å². The van der Waals surface area contributed by atoms with Crippen LogP contribution in [0.2, 0.25) is 5.02 Å². The molecule has 1 aliphatic rings. The lowest BCUT2D eigenvalue weighted by Gasteiger charge is -2.30. The minimum atomic E-state index is -0.424. The molecule has 1 unspecified atom stereocenters. The number of thiocarbonyl (C=S) groups is 1. The number of rotatable bonds is 5. The Labute approximate surface area is 175 Å². The van der Waals surface area contributed by atoms with Gasteiger partial charge in [-0.15, -0.1) is 0 Å². The number of hydrogen-bond donors (Lipinski definition) is 3. The van der Waals surface area contributed by atoms with Gasteiger partial charge in [0.05, 0.1) is 23.7 Å². The van der Waals surface area contributed by atoms with Crippen molar-refractivity contribution in [1.82, 2.24) is 10.6 Å². The Morgan fingerprint density at radius 3 is 2.57 bits per heavy atom. The maximum absolute atomic E-state index is 13.1. The zero-order valence-electron chi connectivity index (χ0n) is 15.9. The summed E-state index contributed by atoms with van der Waals surface area (Å²) in [6.07, 6.45) is 0.948. The SMILES string of the molecule is CCc1ccc(NC(=O)C2=C(C)NC(=S)NC2c2ccc(OC)c(Cl)c2)cc1. The molecule has 2 aromatic carbocycles. The van der Waals surface area contributed by atoms with Crippen LogP contribution in [0, 0.1) is 0 Å². The highest BCUT2D eigenvalue weighted by Gasteiger charge is 2.30. The van der Waals surface area contributed by atoms with E-state index in [1.165, 1.54) is 5.56 Å². The van der Waals surface area contributed by atoms with Crippen molar-refractivity contribution in [3.63, 3.8) is 0 Å². The van der Waals surface area contributed by atoms with Gasteiger partial charge in [0.25, 0.3) is 5.91 Å². The Morgan fingerprint density at radius 2 is 1.96 bits per heavy atom. The minimum Gasteiger partial charge on any atom is -0.495 e. The van der Waals surface area contributed by atoms with Crippen LogP contribution in [0.15, 0.2) is 53.7 Å². The zero-order valence-corrected chi connectivity index (χ0v) is 17.5. The topological polar surface area (TPSA) is 62.4 Å². The number of amides is 1. The smallest absolute Gasteiger partial charge is 0.255 e. The van der Waals surface area contributed by atoms with E-state index in [0.29, 0.717) is 27.2 Å². The number of halogens is 1. The van der Waals surface area contributed by atoms with E-state index in [4.69, 9.17) is 28.6 Å². The number of carbonyl (C=O) groups excluding carboxylic acids is 1. The van der Waals surface area contributed by atoms with Crippen LogP contribution in [0.4, 0.5) is 5.69 Å². The average Bonchev–Trinajstić information content (AvgIpc) is 2.67. The second-order valence-corrected chi connectivity index (χ2v) is 7.28. The Morgan fingerprint density at radius 1 is 1.25 bits per heavy atom. The molecule has 0 spiro atoms. The van der Waals surface area contributed by atoms with Crippen molar-refractivity contribution in [2.75, 3.05) is 12.4 Å². The van der Waals surface area contributed by atoms with Crippen LogP contribution in [0.25, 0.3) is 0 Å². The van der Waals surface area contributed by atoms with Gasteiger partial charge in [0.2, 0.25) is 0 Å². The van der Waals surface area contributed by atoms with Gasteiger partial charge in [0.1, 0.15) is 5.75 Å². The monoisotopic (exact) mass is 415 g/mol. The Balaban J connectivity index is 1.92. The van der Waals surface area contributed by atoms with Gasteiger partial charge in [-0.3, -0.25) is 4.79 Å². The number of aryl methyl sites for hydroxylation is 1. The summed E-state index contributed by atoms with van der Waals surface area (Å²) in [5, 5.41) is 10.1. The van der Waals surface area contributed by atoms with Crippen LogP contribution in [0.3, 0.4) is 0 Å². The summed E-state index contributed by atoms with van der Waals surface area (Å²) in [5.74, 6) is 0.367. The third-order valence-corrected chi connectivity index (χ3v) is 5.16. The van der Waals surface area contributed by atoms with Crippen LogP contribution in [0.1, 0.15) is 31.0 Å². The lowest BCUT2D eigenvalue weighted by atomic mass is 9.94. The molecule has 0 aliphatic carbocycles. The molecule has 0 aromatic heterocycles. The summed E-state index contributed by atoms with van der Waals surface area (Å²) >= 11 is 11.6. The molecule has 1 amide bonds. The molecular weight excluding hydrogens is 394 g/mol. The van der Waals surface area contributed by atoms with Gasteiger partial charge >= 0.3 is 0 Å². The van der Waals surface area contributed by atoms with Crippen LogP contribution in [-0.4, -0.2) is 18.1 Å². The maximum Gasteiger partial charge on any atom is 0.255 e. The molecule has 0 radical (unpaired) electrons. The molecule has 1 aliphatic heterocycles. The maximum atomic E-state index is 13.1. The van der Waals surface area contributed by atoms with Gasteiger partial charge in [-0.2, -0.15) is 0 Å². The highest BCUT2D eigenvalue weighted by Crippen LogP contribution is 2.33. The molecule has 1 atom stereocenters. The quantitative estimate of drug-likeness (QED) is 0.634. The van der Waals surface area contributed by atoms with Crippen LogP contribution < -0.4 is 20.7 Å². The highest BCUT2D eigenvalue weighted by molar-refractivity contribution is 7.80. The third kappa shape index (κ3) is 4.29. The Bertz CT molecular complexity index is 941. The Kier molecular flexibility index (Phi) is 6.21. The number of allylic oxidation sites excluding steroid dienone is 1. The first-order chi connectivity index (χ1) is 13.4. The van der Waals surface area contributed by atoms with E-state index in [1.807, 2.05) is 37.3 Å². The predicted molar refractivity (Wildman–Crippen MR) is 117 cm³/mol. The molecule has 146 valence electrons. The highest BCUT2D eigenvalue weighted by atomic mass is 35.5. The second-order valence-electron chi connectivity index (χ2n) is 6.47. The first-order valence-electron chi connectivity index (χ1n) is 8.95. The van der Waals surface area contributed by atoms with Crippen LogP contribution in [0.5, 0.6) is 5.75 Å². The molecule has 7 heteroatoms. The molecule has 1 heterocycles. The molecule has 5 nitrogen and oxygen atoms in total. The fraction of sp³-hybridized carbons (Fsp3) is 0.238. The predicted octanol–water partition coefficient (Wildman–Crippen LogP) is 4.34. The first kappa shape index (κ1) is 20.2. The number of benzene rings is 2. The molecule has 3 rings (SSSR count). The van der Waals surface area contributed by atoms with Gasteiger partial charge in [-0.25, -0.2) is 0 Å². The van der Waals surface area contributed by atoms with Gasteiger partial charge < -0.3 is 20.7 Å². The lowest BCUT2D eigenvalue weighted by Crippen LogP contribution is -2.45. The summed E-state index contributed by atoms with van der Waals surface area (Å²) < 4.78 is 5.22. The lowest BCUT2D eigenvalue weighted by molar-refractivity contribution is -0.113. The molecular formula is C21H22ClN3O2S. The average molecular weight is 416 g/mol. The fourth-order valence-corrected chi connectivity index (χ4v) is 3.67. The second kappa shape index (κ2) is 8.63. The molecule has 28 heavy (non-hydrogen) atoms. The van der Waals surface area contributed by atoms with Crippen LogP contribution in [-0.2, 0) is 11.2 Å². The molecule has 0 fully saturated rings. The van der Waals surface area contributed by atoms with E-state index in [9.17, 15) is 4.79 Å². The summed E-state index contributed by atoms with van der Waals surface area (Å²) in [5.41, 5.74) is 4.02. The summed E-state index contributed by atoms with van der Waals surface area (Å²) in [4.78, 5) is 13.1. The molecule has 0 saturated heterocycles. The minimum absolute atomic E-state index is 0.207. The van der Waals surface area contributed by atoms with Crippen molar-refractivity contribution in [2.45, 2.75) is 26.3 Å². The van der Waals surface area contributed by atoms with Gasteiger partial charge in [-0.05, 0) is 61.0 Å². The molecule has 0 saturated carbocycles. The van der Waals surface area contributed by atoms with E-state index in [-0.39, 0.29) is 5.91 Å². The standard InChI is InChI=1S/C21H22ClN3O2S/c1-4-13-5-8-15(9-6-13)24-20(26)18-12(2)23-21(28)25-19(18)14-7-10-17(27-3)16(22)11-14/h5-11,19H,4H2,1-3H3,(H,24,26)(H2,23,25,28).